The molecule has 108 valence electrons. The van der Waals surface area contributed by atoms with Gasteiger partial charge in [0.05, 0.1) is 4.90 Å². The van der Waals surface area contributed by atoms with Crippen LogP contribution in [0.4, 0.5) is 0 Å². The Kier molecular flexibility index (Phi) is 3.51. The third-order valence-electron chi connectivity index (χ3n) is 3.45. The summed E-state index contributed by atoms with van der Waals surface area (Å²) in [6.45, 7) is 0.537. The summed E-state index contributed by atoms with van der Waals surface area (Å²) in [4.78, 5) is 0.352. The third-order valence-corrected chi connectivity index (χ3v) is 4.94. The summed E-state index contributed by atoms with van der Waals surface area (Å²) in [7, 11) is -3.26. The lowest BCUT2D eigenvalue weighted by Crippen LogP contribution is -1.99. The van der Waals surface area contributed by atoms with Crippen LogP contribution in [0.15, 0.2) is 59.6 Å². The van der Waals surface area contributed by atoms with Crippen LogP contribution in [0, 0.1) is 0 Å². The van der Waals surface area contributed by atoms with E-state index in [-0.39, 0.29) is 0 Å². The molecule has 3 rings (SSSR count). The molecule has 0 spiro atoms. The smallest absolute Gasteiger partial charge is 0.177 e. The predicted molar refractivity (Wildman–Crippen MR) is 85.6 cm³/mol. The van der Waals surface area contributed by atoms with Crippen molar-refractivity contribution in [3.05, 3.63) is 65.3 Å². The minimum absolute atomic E-state index is 0.352. The Labute approximate surface area is 128 Å². The molecular weight excluding hydrogens is 306 g/mol. The van der Waals surface area contributed by atoms with E-state index in [0.29, 0.717) is 16.5 Å². The quantitative estimate of drug-likeness (QED) is 0.737. The molecule has 0 saturated carbocycles. The van der Waals surface area contributed by atoms with Gasteiger partial charge in [-0.3, -0.25) is 0 Å². The number of hydrogen-bond donors (Lipinski definition) is 0. The maximum absolute atomic E-state index is 11.9. The molecule has 3 aromatic rings. The zero-order chi connectivity index (χ0) is 15.0. The summed E-state index contributed by atoms with van der Waals surface area (Å²) in [6, 6.07) is 15.1. The number of aromatic nitrogens is 1. The largest absolute Gasteiger partial charge is 0.342 e. The maximum Gasteiger partial charge on any atom is 0.177 e. The molecule has 5 heteroatoms. The number of benzene rings is 2. The normalized spacial score (nSPS) is 11.9. The maximum atomic E-state index is 11.9. The van der Waals surface area contributed by atoms with Crippen LogP contribution in [0.25, 0.3) is 10.9 Å². The minimum Gasteiger partial charge on any atom is -0.342 e. The molecule has 0 atom stereocenters. The molecule has 0 radical (unpaired) electrons. The molecule has 0 aliphatic heterocycles. The molecule has 0 aliphatic rings. The number of nitrogens with zero attached hydrogens (tertiary/aromatic N) is 1. The van der Waals surface area contributed by atoms with Crippen molar-refractivity contribution in [2.75, 3.05) is 6.26 Å². The van der Waals surface area contributed by atoms with Crippen molar-refractivity contribution in [1.29, 1.82) is 0 Å². The van der Waals surface area contributed by atoms with Crippen molar-refractivity contribution >= 4 is 32.3 Å². The fourth-order valence-corrected chi connectivity index (χ4v) is 3.54. The van der Waals surface area contributed by atoms with Crippen LogP contribution < -0.4 is 0 Å². The molecule has 0 amide bonds. The van der Waals surface area contributed by atoms with Gasteiger partial charge in [-0.05, 0) is 17.7 Å². The molecule has 2 aromatic carbocycles. The molecule has 3 nitrogen and oxygen atoms in total. The van der Waals surface area contributed by atoms with Crippen LogP contribution in [0.2, 0.25) is 5.02 Å². The lowest BCUT2D eigenvalue weighted by atomic mass is 10.2. The van der Waals surface area contributed by atoms with E-state index in [9.17, 15) is 8.42 Å². The van der Waals surface area contributed by atoms with Crippen molar-refractivity contribution < 1.29 is 8.42 Å². The summed E-state index contributed by atoms with van der Waals surface area (Å²) < 4.78 is 25.8. The molecule has 0 aliphatic carbocycles. The number of hydrogen-bond acceptors (Lipinski definition) is 2. The van der Waals surface area contributed by atoms with Gasteiger partial charge in [-0.25, -0.2) is 8.42 Å². The first kappa shape index (κ1) is 14.2. The fourth-order valence-electron chi connectivity index (χ4n) is 2.45. The topological polar surface area (TPSA) is 39.1 Å². The van der Waals surface area contributed by atoms with Gasteiger partial charge in [0, 0.05) is 34.9 Å². The summed E-state index contributed by atoms with van der Waals surface area (Å²) in [5.74, 6) is 0. The number of rotatable bonds is 3. The van der Waals surface area contributed by atoms with Crippen LogP contribution >= 0.6 is 11.6 Å². The first-order valence-corrected chi connectivity index (χ1v) is 8.75. The second-order valence-electron chi connectivity index (χ2n) is 5.00. The van der Waals surface area contributed by atoms with Gasteiger partial charge in [0.1, 0.15) is 0 Å². The highest BCUT2D eigenvalue weighted by Crippen LogP contribution is 2.27. The minimum atomic E-state index is -3.26. The Morgan fingerprint density at radius 3 is 2.43 bits per heavy atom. The number of halogens is 1. The Morgan fingerprint density at radius 2 is 1.71 bits per heavy atom. The molecule has 0 N–H and O–H groups in total. The number of fused-ring (bicyclic) bond motifs is 1. The summed E-state index contributed by atoms with van der Waals surface area (Å²) in [6.07, 6.45) is 2.91. The number of para-hydroxylation sites is 1. The van der Waals surface area contributed by atoms with E-state index in [1.54, 1.807) is 6.20 Å². The Balaban J connectivity index is 2.18. The molecule has 0 bridgehead atoms. The van der Waals surface area contributed by atoms with Crippen molar-refractivity contribution in [3.8, 4) is 0 Å². The second kappa shape index (κ2) is 5.20. The molecule has 21 heavy (non-hydrogen) atoms. The van der Waals surface area contributed by atoms with Gasteiger partial charge < -0.3 is 4.57 Å². The van der Waals surface area contributed by atoms with Crippen LogP contribution in [0.3, 0.4) is 0 Å². The van der Waals surface area contributed by atoms with Crippen molar-refractivity contribution in [1.82, 2.24) is 4.57 Å². The fraction of sp³-hybridized carbons (Fsp3) is 0.125. The molecular formula is C16H14ClNO2S. The van der Waals surface area contributed by atoms with Gasteiger partial charge in [0.15, 0.2) is 9.84 Å². The van der Waals surface area contributed by atoms with Gasteiger partial charge in [0.25, 0.3) is 0 Å². The molecule has 0 unspecified atom stereocenters. The zero-order valence-electron chi connectivity index (χ0n) is 11.5. The van der Waals surface area contributed by atoms with Gasteiger partial charge in [0.2, 0.25) is 0 Å². The Bertz CT molecular complexity index is 913. The van der Waals surface area contributed by atoms with Gasteiger partial charge in [-0.2, -0.15) is 0 Å². The van der Waals surface area contributed by atoms with E-state index < -0.39 is 9.84 Å². The first-order chi connectivity index (χ1) is 9.97. The number of sulfone groups is 1. The standard InChI is InChI=1S/C16H14ClNO2S/c1-21(19,20)16-11-18(15-9-5-3-7-13(15)16)10-12-6-2-4-8-14(12)17/h2-9,11H,10H2,1H3. The Morgan fingerprint density at radius 1 is 1.05 bits per heavy atom. The highest BCUT2D eigenvalue weighted by atomic mass is 35.5. The van der Waals surface area contributed by atoms with Crippen LogP contribution in [0.5, 0.6) is 0 Å². The first-order valence-electron chi connectivity index (χ1n) is 6.48. The SMILES string of the molecule is CS(=O)(=O)c1cn(Cc2ccccc2Cl)c2ccccc12. The highest BCUT2D eigenvalue weighted by molar-refractivity contribution is 7.91. The molecule has 1 aromatic heterocycles. The molecule has 1 heterocycles. The van der Waals surface area contributed by atoms with Crippen LogP contribution in [0.1, 0.15) is 5.56 Å². The van der Waals surface area contributed by atoms with Crippen molar-refractivity contribution in [3.63, 3.8) is 0 Å². The highest BCUT2D eigenvalue weighted by Gasteiger charge is 2.16. The van der Waals surface area contributed by atoms with Crippen molar-refractivity contribution in [2.45, 2.75) is 11.4 Å². The van der Waals surface area contributed by atoms with Crippen LogP contribution in [-0.4, -0.2) is 19.2 Å². The van der Waals surface area contributed by atoms with Gasteiger partial charge in [-0.15, -0.1) is 0 Å². The lowest BCUT2D eigenvalue weighted by molar-refractivity contribution is 0.602. The third kappa shape index (κ3) is 2.69. The van der Waals surface area contributed by atoms with E-state index in [4.69, 9.17) is 11.6 Å². The van der Waals surface area contributed by atoms with E-state index in [1.165, 1.54) is 6.26 Å². The monoisotopic (exact) mass is 319 g/mol. The van der Waals surface area contributed by atoms with Crippen LogP contribution in [-0.2, 0) is 16.4 Å². The summed E-state index contributed by atoms with van der Waals surface area (Å²) >= 11 is 6.19. The van der Waals surface area contributed by atoms with Crippen molar-refractivity contribution in [2.24, 2.45) is 0 Å². The average Bonchev–Trinajstić information content (AvgIpc) is 2.81. The average molecular weight is 320 g/mol. The van der Waals surface area contributed by atoms with Gasteiger partial charge in [-0.1, -0.05) is 48.0 Å². The zero-order valence-corrected chi connectivity index (χ0v) is 13.0. The van der Waals surface area contributed by atoms with E-state index in [2.05, 4.69) is 0 Å². The van der Waals surface area contributed by atoms with E-state index in [0.717, 1.165) is 16.5 Å². The molecule has 0 saturated heterocycles. The Hall–Kier alpha value is -1.78. The second-order valence-corrected chi connectivity index (χ2v) is 7.39. The van der Waals surface area contributed by atoms with Gasteiger partial charge >= 0.3 is 0 Å². The lowest BCUT2D eigenvalue weighted by Gasteiger charge is -2.07. The van der Waals surface area contributed by atoms with E-state index >= 15 is 0 Å². The molecule has 0 fully saturated rings. The summed E-state index contributed by atoms with van der Waals surface area (Å²) in [5.41, 5.74) is 1.85. The summed E-state index contributed by atoms with van der Waals surface area (Å²) in [5, 5.41) is 1.42. The van der Waals surface area contributed by atoms with E-state index in [1.807, 2.05) is 53.1 Å². The predicted octanol–water partition coefficient (Wildman–Crippen LogP) is 3.75.